The van der Waals surface area contributed by atoms with Gasteiger partial charge in [0.1, 0.15) is 12.0 Å². The molecule has 2 rings (SSSR count). The Kier molecular flexibility index (Phi) is 6.98. The Morgan fingerprint density at radius 1 is 0.909 bits per heavy atom. The number of unbranched alkanes of at least 4 members (excludes halogenated alkanes) is 5. The van der Waals surface area contributed by atoms with Gasteiger partial charge in [-0.3, -0.25) is 0 Å². The van der Waals surface area contributed by atoms with Crippen LogP contribution in [0.3, 0.4) is 0 Å². The number of carbonyl (C=O) groups is 1. The highest BCUT2D eigenvalue weighted by atomic mass is 32.2. The summed E-state index contributed by atoms with van der Waals surface area (Å²) in [5.74, 6) is 1.04. The molecule has 2 heteroatoms. The molecule has 0 bridgehead atoms. The molecule has 0 aliphatic heterocycles. The molecular weight excluding hydrogens is 288 g/mol. The van der Waals surface area contributed by atoms with Crippen LogP contribution in [0.5, 0.6) is 0 Å². The number of hydrogen-bond donors (Lipinski definition) is 0. The van der Waals surface area contributed by atoms with E-state index >= 15 is 0 Å². The van der Waals surface area contributed by atoms with E-state index in [0.717, 1.165) is 22.1 Å². The van der Waals surface area contributed by atoms with Crippen molar-refractivity contribution in [3.63, 3.8) is 0 Å². The molecule has 0 spiro atoms. The second kappa shape index (κ2) is 8.99. The molecule has 22 heavy (non-hydrogen) atoms. The quantitative estimate of drug-likeness (QED) is 0.458. The van der Waals surface area contributed by atoms with Crippen LogP contribution in [0.4, 0.5) is 0 Å². The minimum absolute atomic E-state index is 0.168. The van der Waals surface area contributed by atoms with Crippen LogP contribution in [0, 0.1) is 0 Å². The molecule has 0 saturated heterocycles. The number of carbonyl (C=O) groups excluding carboxylic acids is 1. The summed E-state index contributed by atoms with van der Waals surface area (Å²) in [7, 11) is -0.168. The summed E-state index contributed by atoms with van der Waals surface area (Å²) in [6, 6.07) is 14.2. The molecular formula is C20H27OS+. The highest BCUT2D eigenvalue weighted by Gasteiger charge is 2.26. The van der Waals surface area contributed by atoms with Crippen molar-refractivity contribution < 1.29 is 4.79 Å². The van der Waals surface area contributed by atoms with Gasteiger partial charge < -0.3 is 0 Å². The molecule has 0 aliphatic carbocycles. The third kappa shape index (κ3) is 4.61. The van der Waals surface area contributed by atoms with Crippen LogP contribution in [0.1, 0.15) is 55.8 Å². The lowest BCUT2D eigenvalue weighted by atomic mass is 10.1. The predicted octanol–water partition coefficient (Wildman–Crippen LogP) is 5.59. The van der Waals surface area contributed by atoms with E-state index in [1.54, 1.807) is 0 Å². The lowest BCUT2D eigenvalue weighted by Crippen LogP contribution is -2.18. The van der Waals surface area contributed by atoms with Crippen molar-refractivity contribution in [2.45, 2.75) is 45.4 Å². The average molecular weight is 316 g/mol. The van der Waals surface area contributed by atoms with E-state index in [1.165, 1.54) is 38.5 Å². The van der Waals surface area contributed by atoms with Gasteiger partial charge in [0.25, 0.3) is 0 Å². The Bertz CT molecular complexity index is 600. The maximum atomic E-state index is 12.7. The first-order valence-electron chi connectivity index (χ1n) is 8.38. The maximum Gasteiger partial charge on any atom is 0.362 e. The normalized spacial score (nSPS) is 12.5. The van der Waals surface area contributed by atoms with Gasteiger partial charge in [-0.05, 0) is 29.7 Å². The topological polar surface area (TPSA) is 17.1 Å². The van der Waals surface area contributed by atoms with Gasteiger partial charge in [0.15, 0.2) is 0 Å². The van der Waals surface area contributed by atoms with E-state index in [2.05, 4.69) is 31.4 Å². The molecule has 1 unspecified atom stereocenters. The molecule has 1 atom stereocenters. The van der Waals surface area contributed by atoms with E-state index in [0.29, 0.717) is 5.12 Å². The van der Waals surface area contributed by atoms with Crippen LogP contribution in [-0.2, 0) is 10.9 Å². The Labute approximate surface area is 137 Å². The molecule has 0 amide bonds. The molecule has 0 N–H and O–H groups in total. The summed E-state index contributed by atoms with van der Waals surface area (Å²) in [5.41, 5.74) is 0.898. The number of hydrogen-bond acceptors (Lipinski definition) is 1. The van der Waals surface area contributed by atoms with Crippen LogP contribution in [-0.4, -0.2) is 17.1 Å². The zero-order valence-electron chi connectivity index (χ0n) is 13.8. The fourth-order valence-corrected chi connectivity index (χ4v) is 4.16. The number of fused-ring (bicyclic) bond motifs is 1. The van der Waals surface area contributed by atoms with Crippen LogP contribution in [0.15, 0.2) is 42.5 Å². The Hall–Kier alpha value is -1.28. The highest BCUT2D eigenvalue weighted by molar-refractivity contribution is 8.10. The first-order chi connectivity index (χ1) is 10.7. The van der Waals surface area contributed by atoms with Crippen molar-refractivity contribution in [1.82, 2.24) is 0 Å². The monoisotopic (exact) mass is 315 g/mol. The van der Waals surface area contributed by atoms with Crippen molar-refractivity contribution in [2.24, 2.45) is 0 Å². The van der Waals surface area contributed by atoms with E-state index < -0.39 is 0 Å². The third-order valence-electron chi connectivity index (χ3n) is 4.13. The summed E-state index contributed by atoms with van der Waals surface area (Å²) in [6.45, 7) is 2.24. The van der Waals surface area contributed by atoms with Gasteiger partial charge >= 0.3 is 5.12 Å². The van der Waals surface area contributed by atoms with Crippen LogP contribution in [0.2, 0.25) is 0 Å². The van der Waals surface area contributed by atoms with Crippen molar-refractivity contribution >= 4 is 26.8 Å². The molecule has 1 nitrogen and oxygen atoms in total. The lowest BCUT2D eigenvalue weighted by Gasteiger charge is -2.05. The number of rotatable bonds is 8. The average Bonchev–Trinajstić information content (AvgIpc) is 2.56. The van der Waals surface area contributed by atoms with E-state index in [-0.39, 0.29) is 10.9 Å². The van der Waals surface area contributed by atoms with Gasteiger partial charge in [-0.25, -0.2) is 4.79 Å². The molecule has 118 valence electrons. The fourth-order valence-electron chi connectivity index (χ4n) is 2.78. The molecule has 0 radical (unpaired) electrons. The third-order valence-corrected chi connectivity index (χ3v) is 5.88. The summed E-state index contributed by atoms with van der Waals surface area (Å²) in [4.78, 5) is 12.7. The summed E-state index contributed by atoms with van der Waals surface area (Å²) in [6.07, 6.45) is 9.83. The maximum absolute atomic E-state index is 12.7. The molecule has 2 aromatic rings. The smallest absolute Gasteiger partial charge is 0.232 e. The lowest BCUT2D eigenvalue weighted by molar-refractivity contribution is 0.108. The summed E-state index contributed by atoms with van der Waals surface area (Å²) < 4.78 is 0. The predicted molar refractivity (Wildman–Crippen MR) is 99.8 cm³/mol. The van der Waals surface area contributed by atoms with Gasteiger partial charge in [0.05, 0.1) is 16.5 Å². The van der Waals surface area contributed by atoms with Crippen LogP contribution in [0.25, 0.3) is 10.8 Å². The van der Waals surface area contributed by atoms with Crippen molar-refractivity contribution in [2.75, 3.05) is 12.0 Å². The molecule has 0 aromatic heterocycles. The number of benzene rings is 2. The Morgan fingerprint density at radius 3 is 2.41 bits per heavy atom. The van der Waals surface area contributed by atoms with E-state index in [4.69, 9.17) is 0 Å². The van der Waals surface area contributed by atoms with Gasteiger partial charge in [0.2, 0.25) is 0 Å². The first-order valence-corrected chi connectivity index (χ1v) is 10.2. The zero-order valence-corrected chi connectivity index (χ0v) is 14.6. The minimum atomic E-state index is -0.168. The first kappa shape index (κ1) is 17.1. The second-order valence-electron chi connectivity index (χ2n) is 5.92. The largest absolute Gasteiger partial charge is 0.362 e. The van der Waals surface area contributed by atoms with E-state index in [1.807, 2.05) is 24.3 Å². The van der Waals surface area contributed by atoms with Crippen molar-refractivity contribution in [3.8, 4) is 0 Å². The van der Waals surface area contributed by atoms with E-state index in [9.17, 15) is 4.79 Å². The molecule has 0 aliphatic rings. The Morgan fingerprint density at radius 2 is 1.59 bits per heavy atom. The van der Waals surface area contributed by atoms with Gasteiger partial charge in [-0.15, -0.1) is 0 Å². The molecule has 0 saturated carbocycles. The molecule has 0 fully saturated rings. The second-order valence-corrected chi connectivity index (χ2v) is 7.98. The SMILES string of the molecule is CCCCCCCC[S+](C)C(=O)c1cccc2ccccc12. The van der Waals surface area contributed by atoms with Crippen LogP contribution < -0.4 is 0 Å². The van der Waals surface area contributed by atoms with Crippen molar-refractivity contribution in [3.05, 3.63) is 48.0 Å². The van der Waals surface area contributed by atoms with Crippen molar-refractivity contribution in [1.29, 1.82) is 0 Å². The van der Waals surface area contributed by atoms with Gasteiger partial charge in [-0.1, -0.05) is 69.0 Å². The molecule has 0 heterocycles. The van der Waals surface area contributed by atoms with Gasteiger partial charge in [-0.2, -0.15) is 0 Å². The molecule has 2 aromatic carbocycles. The standard InChI is InChI=1S/C20H27OS/c1-3-4-5-6-7-10-16-22(2)20(21)19-15-11-13-17-12-8-9-14-18(17)19/h8-9,11-15H,3-7,10,16H2,1-2H3/q+1. The summed E-state index contributed by atoms with van der Waals surface area (Å²) in [5, 5.41) is 2.58. The summed E-state index contributed by atoms with van der Waals surface area (Å²) >= 11 is 0. The Balaban J connectivity index is 1.92. The zero-order chi connectivity index (χ0) is 15.8. The van der Waals surface area contributed by atoms with Gasteiger partial charge in [0, 0.05) is 0 Å². The minimum Gasteiger partial charge on any atom is -0.232 e. The fraction of sp³-hybridized carbons (Fsp3) is 0.450. The highest BCUT2D eigenvalue weighted by Crippen LogP contribution is 2.21. The van der Waals surface area contributed by atoms with Crippen LogP contribution >= 0.6 is 0 Å².